The first-order valence-electron chi connectivity index (χ1n) is 9.32. The molecule has 2 aromatic carbocycles. The molecule has 0 saturated heterocycles. The maximum atomic E-state index is 14.1. The average Bonchev–Trinajstić information content (AvgIpc) is 3.42. The van der Waals surface area contributed by atoms with Crippen LogP contribution >= 0.6 is 0 Å². The van der Waals surface area contributed by atoms with Crippen molar-refractivity contribution in [3.05, 3.63) is 83.9 Å². The number of halogens is 2. The molecule has 31 heavy (non-hydrogen) atoms. The first-order valence-corrected chi connectivity index (χ1v) is 9.32. The average molecular weight is 418 g/mol. The number of nitrogens with zero attached hydrogens (tertiary/aromatic N) is 4. The first kappa shape index (κ1) is 18.7. The number of aromatic nitrogens is 5. The molecule has 1 N–H and O–H groups in total. The lowest BCUT2D eigenvalue weighted by Gasteiger charge is -1.99. The number of carbonyl (C=O) groups is 1. The van der Waals surface area contributed by atoms with Crippen LogP contribution < -0.4 is 4.68 Å². The largest absolute Gasteiger partial charge is 0.354 e. The van der Waals surface area contributed by atoms with E-state index < -0.39 is 11.6 Å². The number of H-pyrrole nitrogens is 1. The summed E-state index contributed by atoms with van der Waals surface area (Å²) in [7, 11) is 0. The van der Waals surface area contributed by atoms with Gasteiger partial charge in [-0.3, -0.25) is 4.79 Å². The van der Waals surface area contributed by atoms with Crippen molar-refractivity contribution in [3.63, 3.8) is 0 Å². The molecule has 0 fully saturated rings. The van der Waals surface area contributed by atoms with Gasteiger partial charge in [0, 0.05) is 17.2 Å². The monoisotopic (exact) mass is 418 g/mol. The Labute approximate surface area is 174 Å². The molecule has 3 aromatic heterocycles. The highest BCUT2D eigenvalue weighted by Gasteiger charge is 2.17. The normalized spacial score (nSPS) is 11.2. The topological polar surface area (TPSA) is 88.5 Å². The summed E-state index contributed by atoms with van der Waals surface area (Å²) in [6.45, 7) is 0.304. The van der Waals surface area contributed by atoms with E-state index in [0.29, 0.717) is 34.6 Å². The number of imidazole rings is 1. The number of benzene rings is 2. The van der Waals surface area contributed by atoms with Gasteiger partial charge in [-0.1, -0.05) is 40.2 Å². The number of fused-ring (bicyclic) bond motifs is 1. The zero-order valence-corrected chi connectivity index (χ0v) is 15.9. The van der Waals surface area contributed by atoms with Gasteiger partial charge in [0.15, 0.2) is 11.6 Å². The molecule has 0 radical (unpaired) electrons. The molecule has 0 aliphatic carbocycles. The third-order valence-corrected chi connectivity index (χ3v) is 4.79. The number of aromatic amines is 1. The molecule has 9 heteroatoms. The second kappa shape index (κ2) is 7.52. The lowest BCUT2D eigenvalue weighted by Crippen LogP contribution is -2.37. The number of carbonyl (C=O) groups excluding carboxylic acids is 1. The minimum Gasteiger partial charge on any atom is -0.354 e. The molecule has 0 unspecified atom stereocenters. The van der Waals surface area contributed by atoms with Gasteiger partial charge in [0.2, 0.25) is 18.5 Å². The maximum Gasteiger partial charge on any atom is 0.234 e. The standard InChI is InChI=1S/C22H13F2N5O2/c23-17-3-1-2-16(21(17)24)22-26-19-9-25-29(11-20(19)27-22)10-15-8-18(28-31-15)14-6-4-13(12-30)5-7-14/h1-9,11-12H,10H2/p+1. The van der Waals surface area contributed by atoms with E-state index in [1.165, 1.54) is 18.3 Å². The lowest BCUT2D eigenvalue weighted by molar-refractivity contribution is -0.746. The Hall–Kier alpha value is -4.27. The molecule has 0 spiro atoms. The first-order chi connectivity index (χ1) is 15.1. The minimum atomic E-state index is -0.960. The molecule has 3 heterocycles. The summed E-state index contributed by atoms with van der Waals surface area (Å²) in [5.74, 6) is -1.11. The van der Waals surface area contributed by atoms with Gasteiger partial charge in [0.1, 0.15) is 35.0 Å². The molecule has 152 valence electrons. The van der Waals surface area contributed by atoms with Crippen molar-refractivity contribution < 1.29 is 22.8 Å². The van der Waals surface area contributed by atoms with Crippen molar-refractivity contribution in [2.45, 2.75) is 6.54 Å². The van der Waals surface area contributed by atoms with E-state index in [1.54, 1.807) is 41.2 Å². The predicted molar refractivity (Wildman–Crippen MR) is 106 cm³/mol. The van der Waals surface area contributed by atoms with Crippen LogP contribution in [-0.4, -0.2) is 26.5 Å². The number of hydrogen-bond acceptors (Lipinski definition) is 5. The zero-order chi connectivity index (χ0) is 21.4. The van der Waals surface area contributed by atoms with Crippen LogP contribution in [0.1, 0.15) is 16.1 Å². The van der Waals surface area contributed by atoms with Gasteiger partial charge < -0.3 is 9.51 Å². The van der Waals surface area contributed by atoms with Gasteiger partial charge in [-0.05, 0) is 17.2 Å². The Bertz CT molecular complexity index is 1410. The van der Waals surface area contributed by atoms with E-state index in [-0.39, 0.29) is 11.4 Å². The third kappa shape index (κ3) is 3.57. The fraction of sp³-hybridized carbons (Fsp3) is 0.0455. The number of aldehydes is 1. The zero-order valence-electron chi connectivity index (χ0n) is 15.9. The van der Waals surface area contributed by atoms with Crippen molar-refractivity contribution in [1.82, 2.24) is 20.2 Å². The number of hydrogen-bond donors (Lipinski definition) is 1. The van der Waals surface area contributed by atoms with Crippen LogP contribution in [0.15, 0.2) is 65.4 Å². The van der Waals surface area contributed by atoms with Gasteiger partial charge in [-0.25, -0.2) is 13.8 Å². The van der Waals surface area contributed by atoms with Crippen LogP contribution in [-0.2, 0) is 6.54 Å². The fourth-order valence-corrected chi connectivity index (χ4v) is 3.22. The molecule has 0 atom stereocenters. The molecular weight excluding hydrogens is 404 g/mol. The van der Waals surface area contributed by atoms with E-state index in [4.69, 9.17) is 4.52 Å². The van der Waals surface area contributed by atoms with E-state index in [2.05, 4.69) is 20.2 Å². The summed E-state index contributed by atoms with van der Waals surface area (Å²) >= 11 is 0. The third-order valence-electron chi connectivity index (χ3n) is 4.79. The van der Waals surface area contributed by atoms with Crippen molar-refractivity contribution in [1.29, 1.82) is 0 Å². The highest BCUT2D eigenvalue weighted by atomic mass is 19.2. The molecule has 0 aliphatic heterocycles. The molecule has 5 aromatic rings. The van der Waals surface area contributed by atoms with Crippen LogP contribution in [0.5, 0.6) is 0 Å². The van der Waals surface area contributed by atoms with Gasteiger partial charge in [0.05, 0.1) is 5.56 Å². The van der Waals surface area contributed by atoms with Crippen molar-refractivity contribution >= 4 is 17.3 Å². The summed E-state index contributed by atoms with van der Waals surface area (Å²) in [5, 5.41) is 8.35. The number of nitrogens with one attached hydrogen (secondary N) is 1. The predicted octanol–water partition coefficient (Wildman–Crippen LogP) is 3.71. The highest BCUT2D eigenvalue weighted by Crippen LogP contribution is 2.24. The van der Waals surface area contributed by atoms with Crippen LogP contribution in [0.3, 0.4) is 0 Å². The maximum absolute atomic E-state index is 14.1. The summed E-state index contributed by atoms with van der Waals surface area (Å²) in [6.07, 6.45) is 4.01. The lowest BCUT2D eigenvalue weighted by atomic mass is 10.1. The Morgan fingerprint density at radius 3 is 2.77 bits per heavy atom. The Morgan fingerprint density at radius 2 is 1.97 bits per heavy atom. The quantitative estimate of drug-likeness (QED) is 0.347. The summed E-state index contributed by atoms with van der Waals surface area (Å²) < 4.78 is 34.6. The number of rotatable bonds is 5. The van der Waals surface area contributed by atoms with Crippen molar-refractivity contribution in [3.8, 4) is 22.6 Å². The Balaban J connectivity index is 1.40. The van der Waals surface area contributed by atoms with Gasteiger partial charge in [-0.15, -0.1) is 0 Å². The Kier molecular flexibility index (Phi) is 4.55. The van der Waals surface area contributed by atoms with E-state index >= 15 is 0 Å². The highest BCUT2D eigenvalue weighted by molar-refractivity contribution is 5.77. The molecule has 5 rings (SSSR count). The SMILES string of the molecule is O=Cc1ccc(-c2cc(C[n+]3cc4[nH]c(-c5cccc(F)c5F)nc4cn3)on2)cc1. The van der Waals surface area contributed by atoms with E-state index in [9.17, 15) is 13.6 Å². The molecule has 0 aliphatic rings. The second-order valence-electron chi connectivity index (χ2n) is 6.88. The van der Waals surface area contributed by atoms with Crippen LogP contribution in [0.4, 0.5) is 8.78 Å². The second-order valence-corrected chi connectivity index (χ2v) is 6.88. The smallest absolute Gasteiger partial charge is 0.234 e. The van der Waals surface area contributed by atoms with Crippen molar-refractivity contribution in [2.24, 2.45) is 0 Å². The van der Waals surface area contributed by atoms with Gasteiger partial charge in [-0.2, -0.15) is 0 Å². The molecule has 0 amide bonds. The summed E-state index contributed by atoms with van der Waals surface area (Å²) in [5.41, 5.74) is 3.21. The van der Waals surface area contributed by atoms with E-state index in [0.717, 1.165) is 17.9 Å². The van der Waals surface area contributed by atoms with Crippen LogP contribution in [0.2, 0.25) is 0 Å². The summed E-state index contributed by atoms with van der Waals surface area (Å²) in [6, 6.07) is 12.7. The fourth-order valence-electron chi connectivity index (χ4n) is 3.22. The molecular formula is C22H14F2N5O2+. The van der Waals surface area contributed by atoms with Crippen LogP contribution in [0, 0.1) is 11.6 Å². The molecule has 7 nitrogen and oxygen atoms in total. The van der Waals surface area contributed by atoms with Crippen molar-refractivity contribution in [2.75, 3.05) is 0 Å². The molecule has 0 bridgehead atoms. The minimum absolute atomic E-state index is 0.0447. The van der Waals surface area contributed by atoms with Gasteiger partial charge >= 0.3 is 0 Å². The van der Waals surface area contributed by atoms with Gasteiger partial charge in [0.25, 0.3) is 0 Å². The Morgan fingerprint density at radius 1 is 1.13 bits per heavy atom. The van der Waals surface area contributed by atoms with Crippen LogP contribution in [0.25, 0.3) is 33.7 Å². The molecule has 0 saturated carbocycles. The van der Waals surface area contributed by atoms with E-state index in [1.807, 2.05) is 0 Å². The summed E-state index contributed by atoms with van der Waals surface area (Å²) in [4.78, 5) is 18.1.